The van der Waals surface area contributed by atoms with Crippen LogP contribution < -0.4 is 5.73 Å². The molecule has 0 radical (unpaired) electrons. The lowest BCUT2D eigenvalue weighted by Gasteiger charge is -2.38. The molecule has 0 spiro atoms. The van der Waals surface area contributed by atoms with Crippen LogP contribution in [0.25, 0.3) is 16.7 Å². The van der Waals surface area contributed by atoms with Gasteiger partial charge < -0.3 is 15.2 Å². The molecule has 1 aliphatic heterocycles. The second-order valence-corrected chi connectivity index (χ2v) is 7.07. The normalized spacial score (nSPS) is 21.5. The molecule has 1 aliphatic rings. The van der Waals surface area contributed by atoms with Crippen molar-refractivity contribution in [3.8, 4) is 0 Å². The van der Waals surface area contributed by atoms with E-state index in [1.165, 1.54) is 37.4 Å². The average Bonchev–Trinajstić information content (AvgIpc) is 2.73. The molecule has 2 N–H and O–H groups in total. The number of rotatable bonds is 5. The Bertz CT molecular complexity index is 1090. The van der Waals surface area contributed by atoms with Crippen molar-refractivity contribution in [2.75, 3.05) is 13.2 Å². The summed E-state index contributed by atoms with van der Waals surface area (Å²) in [5.41, 5.74) is 4.17. The van der Waals surface area contributed by atoms with Gasteiger partial charge >= 0.3 is 6.18 Å². The van der Waals surface area contributed by atoms with Gasteiger partial charge in [-0.2, -0.15) is 13.2 Å². The Morgan fingerprint density at radius 2 is 2.12 bits per heavy atom. The summed E-state index contributed by atoms with van der Waals surface area (Å²) in [5.74, 6) is -1.55. The highest BCUT2D eigenvalue weighted by atomic mass is 19.4. The number of hydrogen-bond donors (Lipinski definition) is 1. The zero-order valence-electron chi connectivity index (χ0n) is 16.7. The Morgan fingerprint density at radius 1 is 1.38 bits per heavy atom. The van der Waals surface area contributed by atoms with E-state index in [0.29, 0.717) is 0 Å². The lowest BCUT2D eigenvalue weighted by atomic mass is 9.85. The van der Waals surface area contributed by atoms with Gasteiger partial charge in [-0.25, -0.2) is 18.6 Å². The predicted molar refractivity (Wildman–Crippen MR) is 107 cm³/mol. The summed E-state index contributed by atoms with van der Waals surface area (Å²) in [6.07, 6.45) is -3.65. The maximum atomic E-state index is 14.7. The van der Waals surface area contributed by atoms with Crippen LogP contribution in [-0.2, 0) is 15.0 Å². The van der Waals surface area contributed by atoms with E-state index in [0.717, 1.165) is 12.1 Å². The van der Waals surface area contributed by atoms with Gasteiger partial charge in [0.15, 0.2) is 0 Å². The minimum absolute atomic E-state index is 0.0470. The molecule has 0 amide bonds. The average molecular weight is 452 g/mol. The van der Waals surface area contributed by atoms with Crippen LogP contribution in [0.4, 0.5) is 27.6 Å². The Hall–Kier alpha value is -3.52. The van der Waals surface area contributed by atoms with Crippen LogP contribution in [0.1, 0.15) is 23.7 Å². The van der Waals surface area contributed by atoms with Crippen LogP contribution >= 0.6 is 0 Å². The van der Waals surface area contributed by atoms with Crippen LogP contribution in [0.5, 0.6) is 0 Å². The molecule has 0 saturated heterocycles. The zero-order valence-corrected chi connectivity index (χ0v) is 16.7. The minimum atomic E-state index is -4.62. The Labute approximate surface area is 180 Å². The van der Waals surface area contributed by atoms with E-state index in [2.05, 4.69) is 14.8 Å². The monoisotopic (exact) mass is 452 g/mol. The molecular formula is C21H17F5N4O2. The molecule has 0 saturated carbocycles. The molecule has 0 fully saturated rings. The summed E-state index contributed by atoms with van der Waals surface area (Å²) < 4.78 is 77.3. The highest BCUT2D eigenvalue weighted by molar-refractivity contribution is 5.76. The fourth-order valence-corrected chi connectivity index (χ4v) is 3.13. The smallest absolute Gasteiger partial charge is 0.411 e. The van der Waals surface area contributed by atoms with Gasteiger partial charge in [-0.1, -0.05) is 12.1 Å². The van der Waals surface area contributed by atoms with E-state index in [9.17, 15) is 22.0 Å². The zero-order chi connectivity index (χ0) is 23.5. The van der Waals surface area contributed by atoms with Crippen LogP contribution in [-0.4, -0.2) is 36.5 Å². The maximum Gasteiger partial charge on any atom is 0.411 e. The number of ether oxygens (including phenoxy) is 2. The molecule has 0 unspecified atom stereocenters. The van der Waals surface area contributed by atoms with Gasteiger partial charge in [0.25, 0.3) is 6.02 Å². The third-order valence-electron chi connectivity index (χ3n) is 4.75. The first kappa shape index (κ1) is 23.1. The first-order chi connectivity index (χ1) is 15.0. The van der Waals surface area contributed by atoms with Crippen molar-refractivity contribution >= 4 is 23.6 Å². The SMILES string of the molecule is [C-]#[N+]c1ccc(/C(F)=C/c2ccc(F)c([C@@]3(C)N=C(N)OC[C@@H]3OCC(F)(F)F)c2)nc1. The standard InChI is InChI=1S/C21H17F5N4O2/c1-20(18(10-31-19(27)30-20)32-11-21(24,25)26)14-7-12(3-5-15(14)22)8-16(23)17-6-4-13(28-2)9-29-17/h3-9,18H,10-11H2,1H3,(H2,27,30)/b16-8-/t18-,20+/m0/s1. The van der Waals surface area contributed by atoms with E-state index < -0.39 is 36.1 Å². The Morgan fingerprint density at radius 3 is 2.75 bits per heavy atom. The fourth-order valence-electron chi connectivity index (χ4n) is 3.13. The number of benzene rings is 1. The van der Waals surface area contributed by atoms with E-state index >= 15 is 0 Å². The second-order valence-electron chi connectivity index (χ2n) is 7.07. The minimum Gasteiger partial charge on any atom is -0.463 e. The molecule has 3 rings (SSSR count). The molecule has 11 heteroatoms. The van der Waals surface area contributed by atoms with Crippen molar-refractivity contribution in [1.29, 1.82) is 0 Å². The number of nitrogens with two attached hydrogens (primary N) is 1. The largest absolute Gasteiger partial charge is 0.463 e. The molecule has 6 nitrogen and oxygen atoms in total. The molecule has 0 bridgehead atoms. The van der Waals surface area contributed by atoms with Crippen LogP contribution in [0.2, 0.25) is 0 Å². The van der Waals surface area contributed by atoms with Gasteiger partial charge in [0.2, 0.25) is 5.69 Å². The number of hydrogen-bond acceptors (Lipinski definition) is 5. The molecule has 168 valence electrons. The molecule has 1 aromatic carbocycles. The Kier molecular flexibility index (Phi) is 6.45. The van der Waals surface area contributed by atoms with Gasteiger partial charge in [0, 0.05) is 11.8 Å². The number of halogens is 5. The second kappa shape index (κ2) is 8.92. The maximum absolute atomic E-state index is 14.7. The third kappa shape index (κ3) is 5.20. The van der Waals surface area contributed by atoms with Gasteiger partial charge in [-0.15, -0.1) is 0 Å². The van der Waals surface area contributed by atoms with Gasteiger partial charge in [-0.3, -0.25) is 4.98 Å². The number of amidine groups is 1. The van der Waals surface area contributed by atoms with Crippen molar-refractivity contribution in [1.82, 2.24) is 4.98 Å². The van der Waals surface area contributed by atoms with Crippen molar-refractivity contribution in [2.24, 2.45) is 10.7 Å². The first-order valence-electron chi connectivity index (χ1n) is 9.19. The van der Waals surface area contributed by atoms with Crippen LogP contribution in [0.15, 0.2) is 41.5 Å². The Balaban J connectivity index is 1.98. The number of nitrogens with zero attached hydrogens (tertiary/aromatic N) is 3. The van der Waals surface area contributed by atoms with E-state index in [-0.39, 0.29) is 35.1 Å². The van der Waals surface area contributed by atoms with E-state index in [1.54, 1.807) is 0 Å². The molecular weight excluding hydrogens is 435 g/mol. The third-order valence-corrected chi connectivity index (χ3v) is 4.75. The topological polar surface area (TPSA) is 74.1 Å². The number of pyridine rings is 1. The molecule has 2 atom stereocenters. The lowest BCUT2D eigenvalue weighted by Crippen LogP contribution is -2.48. The number of aliphatic imine (C=N–C) groups is 1. The summed E-state index contributed by atoms with van der Waals surface area (Å²) in [5, 5.41) is 0. The molecule has 32 heavy (non-hydrogen) atoms. The van der Waals surface area contributed by atoms with E-state index in [1.807, 2.05) is 0 Å². The number of alkyl halides is 3. The number of aromatic nitrogens is 1. The first-order valence-corrected chi connectivity index (χ1v) is 9.19. The molecule has 2 heterocycles. The van der Waals surface area contributed by atoms with Crippen molar-refractivity contribution < 1.29 is 31.4 Å². The summed E-state index contributed by atoms with van der Waals surface area (Å²) in [6.45, 7) is 6.28. The quantitative estimate of drug-likeness (QED) is 0.525. The fraction of sp³-hybridized carbons (Fsp3) is 0.286. The summed E-state index contributed by atoms with van der Waals surface area (Å²) in [7, 11) is 0. The summed E-state index contributed by atoms with van der Waals surface area (Å²) in [4.78, 5) is 11.0. The summed E-state index contributed by atoms with van der Waals surface area (Å²) >= 11 is 0. The van der Waals surface area contributed by atoms with Crippen molar-refractivity contribution in [3.05, 3.63) is 70.6 Å². The molecule has 0 aliphatic carbocycles. The lowest BCUT2D eigenvalue weighted by molar-refractivity contribution is -0.197. The van der Waals surface area contributed by atoms with Crippen molar-refractivity contribution in [2.45, 2.75) is 24.7 Å². The van der Waals surface area contributed by atoms with Crippen molar-refractivity contribution in [3.63, 3.8) is 0 Å². The van der Waals surface area contributed by atoms with Gasteiger partial charge in [-0.05, 0) is 36.8 Å². The van der Waals surface area contributed by atoms with Gasteiger partial charge in [0.1, 0.15) is 36.5 Å². The molecule has 1 aromatic heterocycles. The van der Waals surface area contributed by atoms with E-state index in [4.69, 9.17) is 21.8 Å². The highest BCUT2D eigenvalue weighted by Gasteiger charge is 2.44. The summed E-state index contributed by atoms with van der Waals surface area (Å²) in [6, 6.07) is 5.94. The predicted octanol–water partition coefficient (Wildman–Crippen LogP) is 4.75. The van der Waals surface area contributed by atoms with Crippen LogP contribution in [0.3, 0.4) is 0 Å². The van der Waals surface area contributed by atoms with Gasteiger partial charge in [0.05, 0.1) is 12.3 Å². The van der Waals surface area contributed by atoms with Crippen LogP contribution in [0, 0.1) is 12.4 Å². The highest BCUT2D eigenvalue weighted by Crippen LogP contribution is 2.37. The molecule has 2 aromatic rings.